The number of alkyl halides is 1. The van der Waals surface area contributed by atoms with Gasteiger partial charge in [-0.05, 0) is 48.9 Å². The van der Waals surface area contributed by atoms with Gasteiger partial charge >= 0.3 is 0 Å². The molecule has 0 radical (unpaired) electrons. The fraction of sp³-hybridized carbons (Fsp3) is 0.381. The summed E-state index contributed by atoms with van der Waals surface area (Å²) < 4.78 is 21.6. The van der Waals surface area contributed by atoms with E-state index in [1.807, 2.05) is 0 Å². The van der Waals surface area contributed by atoms with Gasteiger partial charge in [-0.3, -0.25) is 4.79 Å². The number of aromatic nitrogens is 3. The first-order valence-corrected chi connectivity index (χ1v) is 9.67. The van der Waals surface area contributed by atoms with Crippen LogP contribution in [-0.2, 0) is 7.05 Å². The summed E-state index contributed by atoms with van der Waals surface area (Å²) in [5, 5.41) is 19.6. The van der Waals surface area contributed by atoms with Crippen molar-refractivity contribution in [3.8, 4) is 22.9 Å². The van der Waals surface area contributed by atoms with Crippen molar-refractivity contribution >= 4 is 10.8 Å². The van der Waals surface area contributed by atoms with Crippen LogP contribution in [0.15, 0.2) is 41.3 Å². The molecule has 3 atom stereocenters. The number of halogens is 1. The number of rotatable bonds is 3. The predicted octanol–water partition coefficient (Wildman–Crippen LogP) is 2.69. The Balaban J connectivity index is 1.62. The van der Waals surface area contributed by atoms with Gasteiger partial charge in [-0.1, -0.05) is 6.42 Å². The summed E-state index contributed by atoms with van der Waals surface area (Å²) in [4.78, 5) is 12.4. The van der Waals surface area contributed by atoms with Crippen molar-refractivity contribution in [2.75, 3.05) is 0 Å². The normalized spacial score (nSPS) is 22.4. The molecule has 0 spiro atoms. The Bertz CT molecular complexity index is 1080. The second-order valence-corrected chi connectivity index (χ2v) is 7.49. The van der Waals surface area contributed by atoms with Crippen LogP contribution in [0.4, 0.5) is 4.39 Å². The van der Waals surface area contributed by atoms with Gasteiger partial charge in [0.05, 0.1) is 5.69 Å². The van der Waals surface area contributed by atoms with Crippen molar-refractivity contribution in [1.29, 1.82) is 0 Å². The molecular formula is C21H23FN4O3. The number of benzene rings is 1. The van der Waals surface area contributed by atoms with E-state index in [4.69, 9.17) is 10.5 Å². The zero-order valence-corrected chi connectivity index (χ0v) is 16.1. The largest absolute Gasteiger partial charge is 0.507 e. The molecule has 3 aromatic rings. The number of hydrogen-bond acceptors (Lipinski definition) is 6. The van der Waals surface area contributed by atoms with Crippen LogP contribution in [0.25, 0.3) is 22.0 Å². The Morgan fingerprint density at radius 3 is 2.76 bits per heavy atom. The van der Waals surface area contributed by atoms with Gasteiger partial charge in [-0.2, -0.15) is 0 Å². The topological polar surface area (TPSA) is 103 Å². The Hall–Kier alpha value is -3.00. The van der Waals surface area contributed by atoms with E-state index in [1.165, 1.54) is 10.6 Å². The predicted molar refractivity (Wildman–Crippen MR) is 108 cm³/mol. The number of ether oxygens (including phenoxy) is 1. The van der Waals surface area contributed by atoms with E-state index in [1.54, 1.807) is 37.5 Å². The van der Waals surface area contributed by atoms with Crippen molar-refractivity contribution < 1.29 is 14.2 Å². The minimum atomic E-state index is -1.25. The maximum Gasteiger partial charge on any atom is 0.258 e. The van der Waals surface area contributed by atoms with E-state index in [0.29, 0.717) is 34.9 Å². The lowest BCUT2D eigenvalue weighted by Gasteiger charge is -2.22. The summed E-state index contributed by atoms with van der Waals surface area (Å²) in [6.07, 6.45) is 2.70. The maximum absolute atomic E-state index is 14.4. The molecule has 152 valence electrons. The van der Waals surface area contributed by atoms with Gasteiger partial charge in [-0.25, -0.2) is 4.39 Å². The SMILES string of the molecule is Cn1ccc2cc(O)c(-c3ccc(O[C@@H]4CCCCC(N)[C@@H]4F)nn3)cc2c1=O. The minimum Gasteiger partial charge on any atom is -0.507 e. The lowest BCUT2D eigenvalue weighted by molar-refractivity contribution is 0.0784. The van der Waals surface area contributed by atoms with Crippen molar-refractivity contribution in [3.63, 3.8) is 0 Å². The molecule has 1 unspecified atom stereocenters. The quantitative estimate of drug-likeness (QED) is 0.658. The third-order valence-electron chi connectivity index (χ3n) is 5.42. The summed E-state index contributed by atoms with van der Waals surface area (Å²) in [6, 6.07) is 7.55. The first-order chi connectivity index (χ1) is 13.9. The molecule has 1 aliphatic carbocycles. The Morgan fingerprint density at radius 1 is 1.21 bits per heavy atom. The van der Waals surface area contributed by atoms with Crippen LogP contribution >= 0.6 is 0 Å². The highest BCUT2D eigenvalue weighted by molar-refractivity contribution is 5.89. The standard InChI is InChI=1S/C21H23FN4O3/c1-26-9-8-12-10-17(27)14(11-13(12)21(26)28)16-6-7-19(25-24-16)29-18-5-3-2-4-15(23)20(18)22/h6-11,15,18,20,27H,2-5,23H2,1H3/t15?,18-,20+/m1/s1. The van der Waals surface area contributed by atoms with Gasteiger partial charge in [0, 0.05) is 36.3 Å². The highest BCUT2D eigenvalue weighted by Crippen LogP contribution is 2.32. The van der Waals surface area contributed by atoms with Gasteiger partial charge in [0.2, 0.25) is 5.88 Å². The first kappa shape index (κ1) is 19.3. The molecule has 0 bridgehead atoms. The number of nitrogens with zero attached hydrogens (tertiary/aromatic N) is 3. The van der Waals surface area contributed by atoms with Crippen LogP contribution in [0.2, 0.25) is 0 Å². The number of phenols is 1. The Labute approximate surface area is 166 Å². The zero-order valence-electron chi connectivity index (χ0n) is 16.1. The lowest BCUT2D eigenvalue weighted by atomic mass is 10.0. The molecular weight excluding hydrogens is 375 g/mol. The molecule has 2 heterocycles. The summed E-state index contributed by atoms with van der Waals surface area (Å²) >= 11 is 0. The van der Waals surface area contributed by atoms with E-state index in [0.717, 1.165) is 12.8 Å². The monoisotopic (exact) mass is 398 g/mol. The summed E-state index contributed by atoms with van der Waals surface area (Å²) in [5.74, 6) is 0.193. The fourth-order valence-electron chi connectivity index (χ4n) is 3.71. The van der Waals surface area contributed by atoms with E-state index >= 15 is 0 Å². The maximum atomic E-state index is 14.4. The van der Waals surface area contributed by atoms with Crippen molar-refractivity contribution in [2.24, 2.45) is 12.8 Å². The van der Waals surface area contributed by atoms with E-state index in [9.17, 15) is 14.3 Å². The minimum absolute atomic E-state index is 0.00714. The molecule has 1 aliphatic rings. The summed E-state index contributed by atoms with van der Waals surface area (Å²) in [6.45, 7) is 0. The van der Waals surface area contributed by atoms with Crippen LogP contribution in [0.1, 0.15) is 25.7 Å². The van der Waals surface area contributed by atoms with Crippen molar-refractivity contribution in [3.05, 3.63) is 46.9 Å². The van der Waals surface area contributed by atoms with E-state index < -0.39 is 18.3 Å². The van der Waals surface area contributed by atoms with Gasteiger partial charge in [0.15, 0.2) is 6.17 Å². The van der Waals surface area contributed by atoms with Gasteiger partial charge in [-0.15, -0.1) is 10.2 Å². The Morgan fingerprint density at radius 2 is 2.00 bits per heavy atom. The summed E-state index contributed by atoms with van der Waals surface area (Å²) in [5.41, 5.74) is 6.47. The van der Waals surface area contributed by atoms with Gasteiger partial charge in [0.1, 0.15) is 11.9 Å². The number of pyridine rings is 1. The molecule has 7 nitrogen and oxygen atoms in total. The zero-order chi connectivity index (χ0) is 20.5. The smallest absolute Gasteiger partial charge is 0.258 e. The van der Waals surface area contributed by atoms with Crippen molar-refractivity contribution in [2.45, 2.75) is 44.0 Å². The number of phenolic OH excluding ortho intramolecular Hbond substituents is 1. The number of aryl methyl sites for hydroxylation is 1. The molecule has 0 saturated heterocycles. The summed E-state index contributed by atoms with van der Waals surface area (Å²) in [7, 11) is 1.66. The average Bonchev–Trinajstić information content (AvgIpc) is 2.87. The molecule has 8 heteroatoms. The fourth-order valence-corrected chi connectivity index (χ4v) is 3.71. The first-order valence-electron chi connectivity index (χ1n) is 9.67. The number of nitrogens with two attached hydrogens (primary N) is 1. The molecule has 0 aliphatic heterocycles. The molecule has 3 N–H and O–H groups in total. The second kappa shape index (κ2) is 7.79. The Kier molecular flexibility index (Phi) is 5.19. The third kappa shape index (κ3) is 3.80. The molecule has 1 saturated carbocycles. The average molecular weight is 398 g/mol. The van der Waals surface area contributed by atoms with E-state index in [-0.39, 0.29) is 17.2 Å². The third-order valence-corrected chi connectivity index (χ3v) is 5.42. The van der Waals surface area contributed by atoms with Gasteiger partial charge < -0.3 is 20.1 Å². The van der Waals surface area contributed by atoms with Crippen LogP contribution in [0.3, 0.4) is 0 Å². The van der Waals surface area contributed by atoms with E-state index in [2.05, 4.69) is 10.2 Å². The number of fused-ring (bicyclic) bond motifs is 1. The molecule has 0 amide bonds. The molecule has 29 heavy (non-hydrogen) atoms. The van der Waals surface area contributed by atoms with Crippen LogP contribution < -0.4 is 16.0 Å². The number of aromatic hydroxyl groups is 1. The van der Waals surface area contributed by atoms with Crippen LogP contribution in [0.5, 0.6) is 11.6 Å². The molecule has 4 rings (SSSR count). The van der Waals surface area contributed by atoms with Crippen molar-refractivity contribution in [1.82, 2.24) is 14.8 Å². The lowest BCUT2D eigenvalue weighted by Crippen LogP contribution is -2.41. The second-order valence-electron chi connectivity index (χ2n) is 7.49. The van der Waals surface area contributed by atoms with Crippen LogP contribution in [-0.4, -0.2) is 38.2 Å². The molecule has 2 aromatic heterocycles. The highest BCUT2D eigenvalue weighted by Gasteiger charge is 2.31. The van der Waals surface area contributed by atoms with Gasteiger partial charge in [0.25, 0.3) is 5.56 Å². The molecule has 1 aromatic carbocycles. The number of hydrogen-bond donors (Lipinski definition) is 2. The highest BCUT2D eigenvalue weighted by atomic mass is 19.1. The molecule has 1 fully saturated rings. The van der Waals surface area contributed by atoms with Crippen LogP contribution in [0, 0.1) is 0 Å².